The number of hydrogen-bond acceptors (Lipinski definition) is 3. The molecule has 1 saturated carbocycles. The van der Waals surface area contributed by atoms with Gasteiger partial charge in [0.25, 0.3) is 0 Å². The van der Waals surface area contributed by atoms with Crippen molar-refractivity contribution in [1.82, 2.24) is 9.38 Å². The van der Waals surface area contributed by atoms with Crippen molar-refractivity contribution in [2.75, 3.05) is 7.11 Å². The first-order valence-corrected chi connectivity index (χ1v) is 7.82. The average molecular weight is 353 g/mol. The second kappa shape index (κ2) is 5.67. The molecule has 1 N–H and O–H groups in total. The van der Waals surface area contributed by atoms with Crippen molar-refractivity contribution < 1.29 is 14.6 Å². The molecule has 5 nitrogen and oxygen atoms in total. The fraction of sp³-hybridized carbons (Fsp3) is 0.467. The lowest BCUT2D eigenvalue weighted by atomic mass is 9.81. The summed E-state index contributed by atoms with van der Waals surface area (Å²) in [7, 11) is 1.63. The van der Waals surface area contributed by atoms with Crippen LogP contribution in [0.2, 0.25) is 0 Å². The minimum absolute atomic E-state index is 0.187. The van der Waals surface area contributed by atoms with Crippen LogP contribution < -0.4 is 4.74 Å². The van der Waals surface area contributed by atoms with Gasteiger partial charge in [0.2, 0.25) is 0 Å². The zero-order valence-electron chi connectivity index (χ0n) is 11.8. The number of carbonyl (C=O) groups is 1. The molecule has 0 atom stereocenters. The largest absolute Gasteiger partial charge is 0.495 e. The van der Waals surface area contributed by atoms with Gasteiger partial charge in [0.05, 0.1) is 23.2 Å². The molecule has 0 spiro atoms. The lowest BCUT2D eigenvalue weighted by Gasteiger charge is -2.24. The maximum atomic E-state index is 11.0. The van der Waals surface area contributed by atoms with Crippen LogP contribution in [0.4, 0.5) is 0 Å². The zero-order valence-corrected chi connectivity index (χ0v) is 13.3. The standard InChI is InChI=1S/C15H17BrN2O3/c1-21-13-6-14-17-12(8-18(14)7-11(13)16)9-2-4-10(5-3-9)15(19)20/h6-10H,2-5H2,1H3,(H,19,20). The molecule has 0 saturated heterocycles. The molecule has 0 aromatic carbocycles. The van der Waals surface area contributed by atoms with E-state index in [0.29, 0.717) is 5.92 Å². The number of rotatable bonds is 3. The maximum absolute atomic E-state index is 11.0. The topological polar surface area (TPSA) is 63.8 Å². The summed E-state index contributed by atoms with van der Waals surface area (Å²) in [5.41, 5.74) is 1.89. The predicted octanol–water partition coefficient (Wildman–Crippen LogP) is 3.46. The van der Waals surface area contributed by atoms with Crippen LogP contribution in [0.25, 0.3) is 5.65 Å². The van der Waals surface area contributed by atoms with Crippen LogP contribution in [-0.4, -0.2) is 27.6 Å². The summed E-state index contributed by atoms with van der Waals surface area (Å²) in [5.74, 6) is 0.254. The molecule has 0 radical (unpaired) electrons. The molecule has 2 heterocycles. The minimum Gasteiger partial charge on any atom is -0.495 e. The predicted molar refractivity (Wildman–Crippen MR) is 81.8 cm³/mol. The highest BCUT2D eigenvalue weighted by atomic mass is 79.9. The van der Waals surface area contributed by atoms with Crippen molar-refractivity contribution >= 4 is 27.5 Å². The quantitative estimate of drug-likeness (QED) is 0.918. The Kier molecular flexibility index (Phi) is 3.89. The van der Waals surface area contributed by atoms with Crippen LogP contribution in [0.5, 0.6) is 5.75 Å². The number of aromatic nitrogens is 2. The van der Waals surface area contributed by atoms with E-state index in [1.165, 1.54) is 0 Å². The van der Waals surface area contributed by atoms with Gasteiger partial charge < -0.3 is 14.2 Å². The first-order chi connectivity index (χ1) is 10.1. The van der Waals surface area contributed by atoms with Gasteiger partial charge >= 0.3 is 5.97 Å². The Morgan fingerprint density at radius 2 is 2.10 bits per heavy atom. The SMILES string of the molecule is COc1cc2nc(C3CCC(C(=O)O)CC3)cn2cc1Br. The number of pyridine rings is 1. The van der Waals surface area contributed by atoms with Crippen molar-refractivity contribution in [3.8, 4) is 5.75 Å². The molecule has 112 valence electrons. The number of aliphatic carboxylic acids is 1. The highest BCUT2D eigenvalue weighted by Crippen LogP contribution is 2.36. The van der Waals surface area contributed by atoms with Crippen molar-refractivity contribution in [1.29, 1.82) is 0 Å². The summed E-state index contributed by atoms with van der Waals surface area (Å²) in [6.07, 6.45) is 7.22. The molecule has 0 bridgehead atoms. The van der Waals surface area contributed by atoms with Crippen molar-refractivity contribution in [2.24, 2.45) is 5.92 Å². The van der Waals surface area contributed by atoms with Crippen LogP contribution in [0, 0.1) is 5.92 Å². The highest BCUT2D eigenvalue weighted by Gasteiger charge is 2.28. The summed E-state index contributed by atoms with van der Waals surface area (Å²) in [6.45, 7) is 0. The van der Waals surface area contributed by atoms with Crippen molar-refractivity contribution in [2.45, 2.75) is 31.6 Å². The van der Waals surface area contributed by atoms with Gasteiger partial charge in [-0.2, -0.15) is 0 Å². The summed E-state index contributed by atoms with van der Waals surface area (Å²) < 4.78 is 8.15. The number of imidazole rings is 1. The molecule has 0 unspecified atom stereocenters. The second-order valence-corrected chi connectivity index (χ2v) is 6.36. The molecule has 1 aliphatic carbocycles. The first kappa shape index (κ1) is 14.4. The minimum atomic E-state index is -0.669. The third-order valence-corrected chi connectivity index (χ3v) is 4.84. The van der Waals surface area contributed by atoms with E-state index in [2.05, 4.69) is 20.9 Å². The van der Waals surface area contributed by atoms with Gasteiger partial charge in [-0.05, 0) is 41.6 Å². The number of nitrogens with zero attached hydrogens (tertiary/aromatic N) is 2. The monoisotopic (exact) mass is 352 g/mol. The molecule has 2 aromatic heterocycles. The third-order valence-electron chi connectivity index (χ3n) is 4.24. The molecular formula is C15H17BrN2O3. The third kappa shape index (κ3) is 2.77. The van der Waals surface area contributed by atoms with Gasteiger partial charge in [0, 0.05) is 24.4 Å². The van der Waals surface area contributed by atoms with Crippen LogP contribution in [0.3, 0.4) is 0 Å². The molecule has 2 aromatic rings. The molecule has 0 aliphatic heterocycles. The summed E-state index contributed by atoms with van der Waals surface area (Å²) >= 11 is 3.47. The Labute approximate surface area is 131 Å². The van der Waals surface area contributed by atoms with Gasteiger partial charge in [0.1, 0.15) is 11.4 Å². The Morgan fingerprint density at radius 1 is 1.38 bits per heavy atom. The first-order valence-electron chi connectivity index (χ1n) is 7.03. The smallest absolute Gasteiger partial charge is 0.306 e. The Balaban J connectivity index is 1.83. The fourth-order valence-electron chi connectivity index (χ4n) is 3.00. The molecule has 1 fully saturated rings. The number of carboxylic acids is 1. The number of halogens is 1. The molecule has 1 aliphatic rings. The highest BCUT2D eigenvalue weighted by molar-refractivity contribution is 9.10. The number of methoxy groups -OCH3 is 1. The van der Waals surface area contributed by atoms with Gasteiger partial charge in [-0.1, -0.05) is 0 Å². The lowest BCUT2D eigenvalue weighted by molar-refractivity contribution is -0.142. The number of ether oxygens (including phenoxy) is 1. The Morgan fingerprint density at radius 3 is 2.71 bits per heavy atom. The Bertz CT molecular complexity index is 675. The van der Waals surface area contributed by atoms with Crippen LogP contribution in [0.1, 0.15) is 37.3 Å². The normalized spacial score (nSPS) is 22.4. The molecule has 3 rings (SSSR count). The zero-order chi connectivity index (χ0) is 15.0. The summed E-state index contributed by atoms with van der Waals surface area (Å²) in [6, 6.07) is 1.90. The van der Waals surface area contributed by atoms with Crippen molar-refractivity contribution in [3.05, 3.63) is 28.6 Å². The van der Waals surface area contributed by atoms with E-state index >= 15 is 0 Å². The number of hydrogen-bond donors (Lipinski definition) is 1. The molecule has 21 heavy (non-hydrogen) atoms. The van der Waals surface area contributed by atoms with Crippen LogP contribution in [-0.2, 0) is 4.79 Å². The summed E-state index contributed by atoms with van der Waals surface area (Å²) in [5, 5.41) is 9.06. The molecule has 6 heteroatoms. The number of carboxylic acid groups (broad SMARTS) is 1. The van der Waals surface area contributed by atoms with E-state index in [1.54, 1.807) is 7.11 Å². The van der Waals surface area contributed by atoms with E-state index < -0.39 is 5.97 Å². The van der Waals surface area contributed by atoms with E-state index in [4.69, 9.17) is 9.84 Å². The van der Waals surface area contributed by atoms with Gasteiger partial charge in [-0.3, -0.25) is 4.79 Å². The molecular weight excluding hydrogens is 336 g/mol. The van der Waals surface area contributed by atoms with Crippen LogP contribution in [0.15, 0.2) is 22.9 Å². The fourth-order valence-corrected chi connectivity index (χ4v) is 3.50. The second-order valence-electron chi connectivity index (χ2n) is 5.51. The molecule has 0 amide bonds. The maximum Gasteiger partial charge on any atom is 0.306 e. The van der Waals surface area contributed by atoms with Gasteiger partial charge in [-0.25, -0.2) is 4.98 Å². The Hall–Kier alpha value is -1.56. The van der Waals surface area contributed by atoms with Crippen LogP contribution >= 0.6 is 15.9 Å². The van der Waals surface area contributed by atoms with E-state index in [9.17, 15) is 4.79 Å². The number of fused-ring (bicyclic) bond motifs is 1. The van der Waals surface area contributed by atoms with E-state index in [-0.39, 0.29) is 5.92 Å². The van der Waals surface area contributed by atoms with Gasteiger partial charge in [-0.15, -0.1) is 0 Å². The summed E-state index contributed by atoms with van der Waals surface area (Å²) in [4.78, 5) is 15.7. The lowest BCUT2D eigenvalue weighted by Crippen LogP contribution is -2.20. The van der Waals surface area contributed by atoms with Gasteiger partial charge in [0.15, 0.2) is 0 Å². The average Bonchev–Trinajstić information content (AvgIpc) is 2.89. The van der Waals surface area contributed by atoms with E-state index in [0.717, 1.165) is 47.2 Å². The van der Waals surface area contributed by atoms with E-state index in [1.807, 2.05) is 22.9 Å². The van der Waals surface area contributed by atoms with Crippen molar-refractivity contribution in [3.63, 3.8) is 0 Å².